The fraction of sp³-hybridized carbons (Fsp3) is 0.727. The van der Waals surface area contributed by atoms with Gasteiger partial charge in [0, 0.05) is 19.8 Å². The Morgan fingerprint density at radius 2 is 2.29 bits per heavy atom. The average Bonchev–Trinajstić information content (AvgIpc) is 2.51. The van der Waals surface area contributed by atoms with Crippen molar-refractivity contribution >= 4 is 0 Å². The molecule has 3 nitrogen and oxygen atoms in total. The van der Waals surface area contributed by atoms with Crippen LogP contribution in [0.2, 0.25) is 0 Å². The zero-order valence-corrected chi connectivity index (χ0v) is 9.67. The number of hydrogen-bond acceptors (Lipinski definition) is 2. The first kappa shape index (κ1) is 11.2. The lowest BCUT2D eigenvalue weighted by atomic mass is 9.83. The molecule has 0 aliphatic carbocycles. The largest absolute Gasteiger partial charge is 0.319 e. The van der Waals surface area contributed by atoms with Crippen LogP contribution in [0.15, 0.2) is 12.3 Å². The molecule has 1 aromatic heterocycles. The van der Waals surface area contributed by atoms with Crippen LogP contribution in [0.25, 0.3) is 0 Å². The maximum absolute atomic E-state index is 4.41. The van der Waals surface area contributed by atoms with Crippen molar-refractivity contribution in [3.63, 3.8) is 0 Å². The van der Waals surface area contributed by atoms with Gasteiger partial charge < -0.3 is 5.32 Å². The lowest BCUT2D eigenvalue weighted by molar-refractivity contribution is 0.295. The molecule has 0 spiro atoms. The van der Waals surface area contributed by atoms with Crippen molar-refractivity contribution in [2.75, 3.05) is 13.6 Å². The lowest BCUT2D eigenvalue weighted by Crippen LogP contribution is -2.31. The van der Waals surface area contributed by atoms with Gasteiger partial charge in [0.2, 0.25) is 0 Å². The molecule has 14 heavy (non-hydrogen) atoms. The van der Waals surface area contributed by atoms with Gasteiger partial charge in [0.1, 0.15) is 0 Å². The molecule has 1 N–H and O–H groups in total. The topological polar surface area (TPSA) is 29.9 Å². The minimum atomic E-state index is 0.323. The molecule has 1 unspecified atom stereocenters. The van der Waals surface area contributed by atoms with Gasteiger partial charge in [0.15, 0.2) is 0 Å². The Morgan fingerprint density at radius 1 is 1.57 bits per heavy atom. The Balaban J connectivity index is 2.64. The first-order valence-electron chi connectivity index (χ1n) is 5.23. The van der Waals surface area contributed by atoms with Gasteiger partial charge >= 0.3 is 0 Å². The molecule has 1 heterocycles. The van der Waals surface area contributed by atoms with Gasteiger partial charge in [-0.05, 0) is 31.4 Å². The van der Waals surface area contributed by atoms with E-state index >= 15 is 0 Å². The summed E-state index contributed by atoms with van der Waals surface area (Å²) in [7, 11) is 3.97. The third-order valence-electron chi connectivity index (χ3n) is 2.83. The van der Waals surface area contributed by atoms with Crippen LogP contribution in [0, 0.1) is 5.41 Å². The van der Waals surface area contributed by atoms with Crippen LogP contribution in [0.1, 0.15) is 26.0 Å². The molecule has 0 aliphatic heterocycles. The first-order valence-corrected chi connectivity index (χ1v) is 5.23. The summed E-state index contributed by atoms with van der Waals surface area (Å²) in [5.74, 6) is 0. The number of aromatic nitrogens is 2. The average molecular weight is 195 g/mol. The van der Waals surface area contributed by atoms with E-state index in [1.54, 1.807) is 0 Å². The zero-order valence-electron chi connectivity index (χ0n) is 9.67. The van der Waals surface area contributed by atoms with E-state index in [2.05, 4.69) is 30.3 Å². The standard InChI is InChI=1S/C11H21N3/c1-5-11(2,9-12-3)8-10-6-7-14(4)13-10/h6-7,12H,5,8-9H2,1-4H3. The first-order chi connectivity index (χ1) is 6.59. The quantitative estimate of drug-likeness (QED) is 0.773. The molecule has 0 saturated heterocycles. The number of aryl methyl sites for hydroxylation is 1. The summed E-state index contributed by atoms with van der Waals surface area (Å²) in [6, 6.07) is 2.10. The normalized spacial score (nSPS) is 15.4. The Bertz CT molecular complexity index is 280. The summed E-state index contributed by atoms with van der Waals surface area (Å²) in [6.45, 7) is 5.58. The van der Waals surface area contributed by atoms with E-state index in [1.165, 1.54) is 12.1 Å². The van der Waals surface area contributed by atoms with Crippen molar-refractivity contribution in [1.29, 1.82) is 0 Å². The zero-order chi connectivity index (χ0) is 10.6. The molecule has 0 bridgehead atoms. The van der Waals surface area contributed by atoms with Gasteiger partial charge in [0.25, 0.3) is 0 Å². The van der Waals surface area contributed by atoms with Gasteiger partial charge in [-0.25, -0.2) is 0 Å². The van der Waals surface area contributed by atoms with Gasteiger partial charge in [-0.2, -0.15) is 5.10 Å². The molecule has 0 radical (unpaired) electrons. The van der Waals surface area contributed by atoms with Crippen molar-refractivity contribution in [2.45, 2.75) is 26.7 Å². The Kier molecular flexibility index (Phi) is 3.69. The maximum Gasteiger partial charge on any atom is 0.0630 e. The van der Waals surface area contributed by atoms with Crippen molar-refractivity contribution in [3.05, 3.63) is 18.0 Å². The van der Waals surface area contributed by atoms with Crippen molar-refractivity contribution < 1.29 is 0 Å². The summed E-state index contributed by atoms with van der Waals surface area (Å²) in [5, 5.41) is 7.67. The summed E-state index contributed by atoms with van der Waals surface area (Å²) in [4.78, 5) is 0. The summed E-state index contributed by atoms with van der Waals surface area (Å²) >= 11 is 0. The summed E-state index contributed by atoms with van der Waals surface area (Å²) < 4.78 is 1.87. The highest BCUT2D eigenvalue weighted by Gasteiger charge is 2.22. The highest BCUT2D eigenvalue weighted by Crippen LogP contribution is 2.24. The maximum atomic E-state index is 4.41. The van der Waals surface area contributed by atoms with E-state index in [0.29, 0.717) is 5.41 Å². The molecule has 1 rings (SSSR count). The van der Waals surface area contributed by atoms with E-state index in [9.17, 15) is 0 Å². The fourth-order valence-electron chi connectivity index (χ4n) is 1.73. The third-order valence-corrected chi connectivity index (χ3v) is 2.83. The molecule has 80 valence electrons. The van der Waals surface area contributed by atoms with Crippen LogP contribution >= 0.6 is 0 Å². The second-order valence-electron chi connectivity index (χ2n) is 4.35. The predicted octanol–water partition coefficient (Wildman–Crippen LogP) is 1.60. The van der Waals surface area contributed by atoms with E-state index in [4.69, 9.17) is 0 Å². The second-order valence-corrected chi connectivity index (χ2v) is 4.35. The van der Waals surface area contributed by atoms with Gasteiger partial charge in [-0.3, -0.25) is 4.68 Å². The Morgan fingerprint density at radius 3 is 2.71 bits per heavy atom. The van der Waals surface area contributed by atoms with E-state index in [1.807, 2.05) is 25.0 Å². The Labute approximate surface area is 86.5 Å². The highest BCUT2D eigenvalue weighted by molar-refractivity contribution is 5.02. The van der Waals surface area contributed by atoms with E-state index in [0.717, 1.165) is 13.0 Å². The predicted molar refractivity (Wildman–Crippen MR) is 59.2 cm³/mol. The van der Waals surface area contributed by atoms with Crippen LogP contribution in [-0.2, 0) is 13.5 Å². The molecular weight excluding hydrogens is 174 g/mol. The lowest BCUT2D eigenvalue weighted by Gasteiger charge is -2.26. The minimum Gasteiger partial charge on any atom is -0.319 e. The molecule has 3 heteroatoms. The van der Waals surface area contributed by atoms with Crippen LogP contribution < -0.4 is 5.32 Å². The van der Waals surface area contributed by atoms with E-state index < -0.39 is 0 Å². The molecule has 0 aromatic carbocycles. The SMILES string of the molecule is CCC(C)(CNC)Cc1ccn(C)n1. The van der Waals surface area contributed by atoms with Crippen molar-refractivity contribution in [1.82, 2.24) is 15.1 Å². The third kappa shape index (κ3) is 2.84. The fourth-order valence-corrected chi connectivity index (χ4v) is 1.73. The van der Waals surface area contributed by atoms with E-state index in [-0.39, 0.29) is 0 Å². The second kappa shape index (κ2) is 4.60. The van der Waals surface area contributed by atoms with Gasteiger partial charge in [-0.1, -0.05) is 13.8 Å². The van der Waals surface area contributed by atoms with Crippen molar-refractivity contribution in [2.24, 2.45) is 12.5 Å². The molecule has 0 fully saturated rings. The smallest absolute Gasteiger partial charge is 0.0630 e. The van der Waals surface area contributed by atoms with Crippen LogP contribution in [0.4, 0.5) is 0 Å². The molecule has 1 atom stereocenters. The van der Waals surface area contributed by atoms with Gasteiger partial charge in [0.05, 0.1) is 5.69 Å². The summed E-state index contributed by atoms with van der Waals surface area (Å²) in [5.41, 5.74) is 1.51. The number of rotatable bonds is 5. The van der Waals surface area contributed by atoms with Crippen LogP contribution in [0.3, 0.4) is 0 Å². The molecule has 0 aliphatic rings. The molecule has 0 amide bonds. The number of nitrogens with one attached hydrogen (secondary N) is 1. The Hall–Kier alpha value is -0.830. The van der Waals surface area contributed by atoms with Crippen LogP contribution in [-0.4, -0.2) is 23.4 Å². The minimum absolute atomic E-state index is 0.323. The van der Waals surface area contributed by atoms with Crippen molar-refractivity contribution in [3.8, 4) is 0 Å². The number of nitrogens with zero attached hydrogens (tertiary/aromatic N) is 2. The van der Waals surface area contributed by atoms with Crippen LogP contribution in [0.5, 0.6) is 0 Å². The highest BCUT2D eigenvalue weighted by atomic mass is 15.2. The monoisotopic (exact) mass is 195 g/mol. The molecule has 0 saturated carbocycles. The summed E-state index contributed by atoms with van der Waals surface area (Å²) in [6.07, 6.45) is 4.22. The van der Waals surface area contributed by atoms with Gasteiger partial charge in [-0.15, -0.1) is 0 Å². The molecular formula is C11H21N3. The number of hydrogen-bond donors (Lipinski definition) is 1. The molecule has 1 aromatic rings.